The summed E-state index contributed by atoms with van der Waals surface area (Å²) >= 11 is 0. The number of carboxylic acid groups (broad SMARTS) is 1. The fraction of sp³-hybridized carbons (Fsp3) is 0.600. The van der Waals surface area contributed by atoms with Crippen LogP contribution in [0.1, 0.15) is 27.2 Å². The summed E-state index contributed by atoms with van der Waals surface area (Å²) in [4.78, 5) is 26.6. The van der Waals surface area contributed by atoms with Gasteiger partial charge in [0.05, 0.1) is 6.42 Å². The first-order valence-corrected chi connectivity index (χ1v) is 4.87. The summed E-state index contributed by atoms with van der Waals surface area (Å²) in [6, 6.07) is 0. The van der Waals surface area contributed by atoms with E-state index in [2.05, 4.69) is 0 Å². The summed E-state index contributed by atoms with van der Waals surface area (Å²) in [5.41, 5.74) is 0.310. The van der Waals surface area contributed by atoms with E-state index in [1.165, 1.54) is 18.1 Å². The number of nitrogens with zero attached hydrogens (tertiary/aromatic N) is 1. The van der Waals surface area contributed by atoms with Gasteiger partial charge in [0, 0.05) is 18.7 Å². The van der Waals surface area contributed by atoms with E-state index < -0.39 is 11.9 Å². The van der Waals surface area contributed by atoms with Gasteiger partial charge in [0.1, 0.15) is 0 Å². The zero-order chi connectivity index (χ0) is 11.8. The first-order chi connectivity index (χ1) is 7.01. The molecule has 0 aromatic rings. The average molecular weight is 215 g/mol. The highest BCUT2D eigenvalue weighted by molar-refractivity contribution is 5.88. The monoisotopic (exact) mass is 215 g/mol. The zero-order valence-corrected chi connectivity index (χ0v) is 9.32. The SMILES string of the molecule is CCN(CC)OC(=O)C(C)=CCC(=O)O. The molecule has 0 bridgehead atoms. The Morgan fingerprint density at radius 1 is 1.33 bits per heavy atom. The molecule has 0 spiro atoms. The summed E-state index contributed by atoms with van der Waals surface area (Å²) in [6.45, 7) is 6.48. The van der Waals surface area contributed by atoms with Crippen molar-refractivity contribution in [2.45, 2.75) is 27.2 Å². The van der Waals surface area contributed by atoms with E-state index in [1.54, 1.807) is 0 Å². The number of rotatable bonds is 6. The summed E-state index contributed by atoms with van der Waals surface area (Å²) < 4.78 is 0. The molecular weight excluding hydrogens is 198 g/mol. The number of carbonyl (C=O) groups excluding carboxylic acids is 1. The second kappa shape index (κ2) is 7.00. The van der Waals surface area contributed by atoms with Crippen LogP contribution in [0, 0.1) is 0 Å². The summed E-state index contributed by atoms with van der Waals surface area (Å²) in [5, 5.41) is 9.91. The van der Waals surface area contributed by atoms with Gasteiger partial charge in [0.2, 0.25) is 0 Å². The number of hydrogen-bond donors (Lipinski definition) is 1. The Bertz CT molecular complexity index is 256. The lowest BCUT2D eigenvalue weighted by Gasteiger charge is -2.17. The normalized spacial score (nSPS) is 11.6. The van der Waals surface area contributed by atoms with E-state index in [9.17, 15) is 9.59 Å². The second-order valence-corrected chi connectivity index (χ2v) is 2.98. The molecule has 5 nitrogen and oxygen atoms in total. The highest BCUT2D eigenvalue weighted by Crippen LogP contribution is 2.01. The third-order valence-electron chi connectivity index (χ3n) is 1.82. The first-order valence-electron chi connectivity index (χ1n) is 4.87. The van der Waals surface area contributed by atoms with Crippen molar-refractivity contribution in [3.8, 4) is 0 Å². The Hall–Kier alpha value is -1.36. The van der Waals surface area contributed by atoms with Crippen LogP contribution in [-0.2, 0) is 14.4 Å². The molecule has 0 rings (SSSR count). The lowest BCUT2D eigenvalue weighted by Crippen LogP contribution is -2.27. The summed E-state index contributed by atoms with van der Waals surface area (Å²) in [7, 11) is 0. The lowest BCUT2D eigenvalue weighted by atomic mass is 10.2. The van der Waals surface area contributed by atoms with Gasteiger partial charge in [-0.3, -0.25) is 4.79 Å². The Labute approximate surface area is 89.3 Å². The molecule has 0 aromatic heterocycles. The number of carbonyl (C=O) groups is 2. The van der Waals surface area contributed by atoms with Gasteiger partial charge in [0.15, 0.2) is 0 Å². The van der Waals surface area contributed by atoms with Crippen LogP contribution in [0.25, 0.3) is 0 Å². The fourth-order valence-electron chi connectivity index (χ4n) is 0.866. The lowest BCUT2D eigenvalue weighted by molar-refractivity contribution is -0.183. The topological polar surface area (TPSA) is 66.8 Å². The Morgan fingerprint density at radius 2 is 1.87 bits per heavy atom. The van der Waals surface area contributed by atoms with Gasteiger partial charge in [-0.25, -0.2) is 4.79 Å². The molecule has 86 valence electrons. The Kier molecular flexibility index (Phi) is 6.37. The van der Waals surface area contributed by atoms with E-state index in [4.69, 9.17) is 9.94 Å². The van der Waals surface area contributed by atoms with E-state index >= 15 is 0 Å². The molecule has 5 heteroatoms. The first kappa shape index (κ1) is 13.6. The quantitative estimate of drug-likeness (QED) is 0.532. The molecule has 0 fully saturated rings. The Balaban J connectivity index is 4.19. The van der Waals surface area contributed by atoms with Gasteiger partial charge in [0.25, 0.3) is 0 Å². The van der Waals surface area contributed by atoms with Crippen molar-refractivity contribution >= 4 is 11.9 Å². The van der Waals surface area contributed by atoms with Crippen LogP contribution in [0.15, 0.2) is 11.6 Å². The third kappa shape index (κ3) is 5.85. The smallest absolute Gasteiger partial charge is 0.352 e. The molecule has 0 aliphatic rings. The van der Waals surface area contributed by atoms with Gasteiger partial charge < -0.3 is 9.94 Å². The van der Waals surface area contributed by atoms with Crippen molar-refractivity contribution in [3.63, 3.8) is 0 Å². The maximum atomic E-state index is 11.4. The molecule has 0 aliphatic heterocycles. The fourth-order valence-corrected chi connectivity index (χ4v) is 0.866. The minimum atomic E-state index is -0.968. The standard InChI is InChI=1S/C10H17NO4/c1-4-11(5-2)15-10(14)8(3)6-7-9(12)13/h6H,4-5,7H2,1-3H3,(H,12,13). The molecule has 1 N–H and O–H groups in total. The van der Waals surface area contributed by atoms with E-state index in [1.807, 2.05) is 13.8 Å². The predicted molar refractivity (Wildman–Crippen MR) is 55.0 cm³/mol. The minimum Gasteiger partial charge on any atom is -0.481 e. The van der Waals surface area contributed by atoms with E-state index in [0.717, 1.165) is 0 Å². The minimum absolute atomic E-state index is 0.167. The van der Waals surface area contributed by atoms with Gasteiger partial charge in [-0.2, -0.15) is 0 Å². The molecule has 0 amide bonds. The van der Waals surface area contributed by atoms with Crippen LogP contribution in [0.2, 0.25) is 0 Å². The van der Waals surface area contributed by atoms with Crippen LogP contribution in [-0.4, -0.2) is 35.2 Å². The maximum Gasteiger partial charge on any atom is 0.352 e. The summed E-state index contributed by atoms with van der Waals surface area (Å²) in [6.07, 6.45) is 1.17. The third-order valence-corrected chi connectivity index (χ3v) is 1.82. The van der Waals surface area contributed by atoms with Gasteiger partial charge in [-0.1, -0.05) is 6.08 Å². The molecule has 0 unspecified atom stereocenters. The largest absolute Gasteiger partial charge is 0.481 e. The van der Waals surface area contributed by atoms with Crippen LogP contribution >= 0.6 is 0 Å². The molecule has 0 aromatic carbocycles. The van der Waals surface area contributed by atoms with E-state index in [0.29, 0.717) is 18.7 Å². The van der Waals surface area contributed by atoms with Gasteiger partial charge >= 0.3 is 11.9 Å². The molecule has 15 heavy (non-hydrogen) atoms. The zero-order valence-electron chi connectivity index (χ0n) is 9.32. The van der Waals surface area contributed by atoms with Gasteiger partial charge in [-0.05, 0) is 20.8 Å². The molecule has 0 saturated heterocycles. The second-order valence-electron chi connectivity index (χ2n) is 2.98. The molecule has 0 radical (unpaired) electrons. The van der Waals surface area contributed by atoms with Crippen molar-refractivity contribution in [2.75, 3.05) is 13.1 Å². The average Bonchev–Trinajstić information content (AvgIpc) is 2.21. The highest BCUT2D eigenvalue weighted by Gasteiger charge is 2.10. The number of hydroxylamine groups is 2. The number of aliphatic carboxylic acids is 1. The maximum absolute atomic E-state index is 11.4. The molecule has 0 atom stereocenters. The summed E-state index contributed by atoms with van der Waals surface area (Å²) in [5.74, 6) is -1.47. The van der Waals surface area contributed by atoms with E-state index in [-0.39, 0.29) is 6.42 Å². The molecule has 0 aliphatic carbocycles. The van der Waals surface area contributed by atoms with Crippen molar-refractivity contribution in [1.29, 1.82) is 0 Å². The molecule has 0 saturated carbocycles. The highest BCUT2D eigenvalue weighted by atomic mass is 16.7. The van der Waals surface area contributed by atoms with Crippen molar-refractivity contribution in [3.05, 3.63) is 11.6 Å². The number of hydrogen-bond acceptors (Lipinski definition) is 4. The molecule has 0 heterocycles. The van der Waals surface area contributed by atoms with Crippen molar-refractivity contribution in [1.82, 2.24) is 5.06 Å². The van der Waals surface area contributed by atoms with Crippen LogP contribution < -0.4 is 0 Å². The van der Waals surface area contributed by atoms with Crippen LogP contribution in [0.4, 0.5) is 0 Å². The number of carboxylic acids is 1. The van der Waals surface area contributed by atoms with Gasteiger partial charge in [-0.15, -0.1) is 5.06 Å². The predicted octanol–water partition coefficient (Wildman–Crippen LogP) is 1.21. The molecular formula is C10H17NO4. The van der Waals surface area contributed by atoms with Crippen molar-refractivity contribution < 1.29 is 19.5 Å². The van der Waals surface area contributed by atoms with Crippen LogP contribution in [0.3, 0.4) is 0 Å². The van der Waals surface area contributed by atoms with Crippen LogP contribution in [0.5, 0.6) is 0 Å². The van der Waals surface area contributed by atoms with Crippen molar-refractivity contribution in [2.24, 2.45) is 0 Å². The Morgan fingerprint density at radius 3 is 2.27 bits per heavy atom.